The molecule has 1 heterocycles. The number of ketones is 1. The molecule has 1 saturated heterocycles. The monoisotopic (exact) mass is 282 g/mol. The summed E-state index contributed by atoms with van der Waals surface area (Å²) in [5.41, 5.74) is 0. The van der Waals surface area contributed by atoms with Gasteiger partial charge in [0.25, 0.3) is 0 Å². The van der Waals surface area contributed by atoms with Gasteiger partial charge in [0.15, 0.2) is 0 Å². The van der Waals surface area contributed by atoms with Gasteiger partial charge in [-0.25, -0.2) is 4.79 Å². The number of carbonyl (C=O) groups is 3. The molecule has 2 unspecified atom stereocenters. The Bertz CT molecular complexity index is 410. The van der Waals surface area contributed by atoms with Crippen LogP contribution in [0.15, 0.2) is 0 Å². The zero-order valence-electron chi connectivity index (χ0n) is 12.1. The Morgan fingerprint density at radius 2 is 2.05 bits per heavy atom. The minimum absolute atomic E-state index is 0.0780. The van der Waals surface area contributed by atoms with Crippen LogP contribution in [0, 0.1) is 0 Å². The van der Waals surface area contributed by atoms with Crippen LogP contribution in [-0.4, -0.2) is 52.9 Å². The summed E-state index contributed by atoms with van der Waals surface area (Å²) in [6, 6.07) is -0.252. The van der Waals surface area contributed by atoms with Crippen LogP contribution in [0.5, 0.6) is 0 Å². The second kappa shape index (κ2) is 6.24. The number of carbonyl (C=O) groups excluding carboxylic acids is 3. The van der Waals surface area contributed by atoms with Crippen molar-refractivity contribution in [1.82, 2.24) is 9.80 Å². The molecule has 0 N–H and O–H groups in total. The second-order valence-electron chi connectivity index (χ2n) is 5.48. The van der Waals surface area contributed by atoms with Crippen LogP contribution in [0.3, 0.4) is 0 Å². The first-order chi connectivity index (χ1) is 9.54. The van der Waals surface area contributed by atoms with Crippen LogP contribution in [0.4, 0.5) is 4.79 Å². The van der Waals surface area contributed by atoms with Crippen molar-refractivity contribution in [3.8, 4) is 0 Å². The Balaban J connectivity index is 2.04. The van der Waals surface area contributed by atoms with Crippen LogP contribution >= 0.6 is 0 Å². The molecule has 1 aliphatic carbocycles. The smallest absolute Gasteiger partial charge is 0.411 e. The maximum Gasteiger partial charge on any atom is 0.411 e. The first-order valence-electron chi connectivity index (χ1n) is 7.27. The third kappa shape index (κ3) is 2.94. The lowest BCUT2D eigenvalue weighted by molar-refractivity contribution is -0.131. The molecule has 1 saturated carbocycles. The molecule has 6 heteroatoms. The lowest BCUT2D eigenvalue weighted by atomic mass is 9.89. The van der Waals surface area contributed by atoms with Gasteiger partial charge in [-0.1, -0.05) is 13.3 Å². The molecule has 2 aliphatic rings. The van der Waals surface area contributed by atoms with Gasteiger partial charge in [-0.05, 0) is 12.8 Å². The number of ether oxygens (including phenoxy) is 1. The molecular formula is C14H22N2O4. The van der Waals surface area contributed by atoms with Crippen LogP contribution < -0.4 is 0 Å². The Kier molecular flexibility index (Phi) is 4.62. The lowest BCUT2D eigenvalue weighted by Gasteiger charge is -2.30. The predicted octanol–water partition coefficient (Wildman–Crippen LogP) is 1.53. The van der Waals surface area contributed by atoms with Crippen LogP contribution in [0.2, 0.25) is 0 Å². The van der Waals surface area contributed by atoms with E-state index in [9.17, 15) is 14.4 Å². The molecule has 1 aliphatic heterocycles. The molecule has 0 bridgehead atoms. The number of hydrogen-bond donors (Lipinski definition) is 0. The first-order valence-corrected chi connectivity index (χ1v) is 7.27. The first kappa shape index (κ1) is 14.8. The highest BCUT2D eigenvalue weighted by molar-refractivity contribution is 5.83. The van der Waals surface area contributed by atoms with E-state index in [1.165, 1.54) is 6.92 Å². The van der Waals surface area contributed by atoms with Crippen molar-refractivity contribution < 1.29 is 19.1 Å². The summed E-state index contributed by atoms with van der Waals surface area (Å²) >= 11 is 0. The highest BCUT2D eigenvalue weighted by Gasteiger charge is 2.46. The van der Waals surface area contributed by atoms with Gasteiger partial charge in [-0.2, -0.15) is 0 Å². The Morgan fingerprint density at radius 3 is 2.70 bits per heavy atom. The van der Waals surface area contributed by atoms with E-state index in [1.54, 1.807) is 9.80 Å². The van der Waals surface area contributed by atoms with Gasteiger partial charge in [0.05, 0.1) is 25.4 Å². The molecule has 0 aromatic rings. The zero-order valence-corrected chi connectivity index (χ0v) is 12.1. The van der Waals surface area contributed by atoms with Gasteiger partial charge in [0, 0.05) is 19.8 Å². The topological polar surface area (TPSA) is 66.9 Å². The Labute approximate surface area is 119 Å². The van der Waals surface area contributed by atoms with Crippen molar-refractivity contribution in [2.45, 2.75) is 58.0 Å². The van der Waals surface area contributed by atoms with Gasteiger partial charge < -0.3 is 9.64 Å². The number of nitrogens with zero attached hydrogens (tertiary/aromatic N) is 2. The largest absolute Gasteiger partial charge is 0.449 e. The molecule has 2 atom stereocenters. The zero-order chi connectivity index (χ0) is 14.7. The molecular weight excluding hydrogens is 260 g/mol. The number of rotatable bonds is 3. The molecule has 0 aromatic carbocycles. The van der Waals surface area contributed by atoms with Crippen molar-refractivity contribution in [2.75, 3.05) is 13.3 Å². The minimum Gasteiger partial charge on any atom is -0.449 e. The fraction of sp³-hybridized carbons (Fsp3) is 0.786. The maximum atomic E-state index is 12.1. The molecule has 2 amide bonds. The number of Topliss-reactive ketones (excluding diaryl/α,β-unsaturated/α-hetero) is 1. The number of amides is 2. The summed E-state index contributed by atoms with van der Waals surface area (Å²) in [5.74, 6) is 0.0669. The highest BCUT2D eigenvalue weighted by atomic mass is 16.6. The molecule has 2 rings (SSSR count). The van der Waals surface area contributed by atoms with Crippen LogP contribution in [0.25, 0.3) is 0 Å². The van der Waals surface area contributed by atoms with Gasteiger partial charge in [-0.15, -0.1) is 0 Å². The summed E-state index contributed by atoms with van der Waals surface area (Å²) in [6.07, 6.45) is 2.88. The molecule has 0 aromatic heterocycles. The van der Waals surface area contributed by atoms with Gasteiger partial charge >= 0.3 is 6.09 Å². The van der Waals surface area contributed by atoms with Crippen LogP contribution in [-0.2, 0) is 14.3 Å². The number of unbranched alkanes of at least 4 members (excludes halogenated alkanes) is 1. The van der Waals surface area contributed by atoms with E-state index in [0.29, 0.717) is 25.9 Å². The lowest BCUT2D eigenvalue weighted by Crippen LogP contribution is -2.45. The third-order valence-electron chi connectivity index (χ3n) is 4.07. The minimum atomic E-state index is -0.369. The molecule has 20 heavy (non-hydrogen) atoms. The van der Waals surface area contributed by atoms with Gasteiger partial charge in [-0.3, -0.25) is 14.5 Å². The van der Waals surface area contributed by atoms with E-state index in [0.717, 1.165) is 12.8 Å². The second-order valence-corrected chi connectivity index (χ2v) is 5.48. The van der Waals surface area contributed by atoms with E-state index in [-0.39, 0.29) is 36.5 Å². The molecule has 112 valence electrons. The molecule has 0 radical (unpaired) electrons. The Morgan fingerprint density at radius 1 is 1.30 bits per heavy atom. The quantitative estimate of drug-likeness (QED) is 0.736. The summed E-state index contributed by atoms with van der Waals surface area (Å²) in [5, 5.41) is 0. The predicted molar refractivity (Wildman–Crippen MR) is 71.9 cm³/mol. The van der Waals surface area contributed by atoms with E-state index >= 15 is 0 Å². The van der Waals surface area contributed by atoms with Crippen molar-refractivity contribution >= 4 is 17.8 Å². The molecule has 6 nitrogen and oxygen atoms in total. The number of hydrogen-bond acceptors (Lipinski definition) is 4. The molecule has 2 fully saturated rings. The van der Waals surface area contributed by atoms with Crippen LogP contribution in [0.1, 0.15) is 46.0 Å². The fourth-order valence-electron chi connectivity index (χ4n) is 2.94. The number of fused-ring (bicyclic) bond motifs is 1. The third-order valence-corrected chi connectivity index (χ3v) is 4.07. The summed E-state index contributed by atoms with van der Waals surface area (Å²) in [7, 11) is 0. The van der Waals surface area contributed by atoms with E-state index in [4.69, 9.17) is 4.74 Å². The van der Waals surface area contributed by atoms with Gasteiger partial charge in [0.1, 0.15) is 5.78 Å². The van der Waals surface area contributed by atoms with Crippen molar-refractivity contribution in [3.63, 3.8) is 0 Å². The molecule has 0 spiro atoms. The normalized spacial score (nSPS) is 25.6. The maximum absolute atomic E-state index is 12.1. The van der Waals surface area contributed by atoms with E-state index in [2.05, 4.69) is 0 Å². The summed E-state index contributed by atoms with van der Waals surface area (Å²) in [4.78, 5) is 38.6. The standard InChI is InChI=1S/C14H22N2O4/c1-3-4-7-20-14(19)16-9-15(10(2)17)13-8-11(18)5-6-12(13)16/h12-13H,3-9H2,1-2H3. The van der Waals surface area contributed by atoms with Crippen molar-refractivity contribution in [3.05, 3.63) is 0 Å². The average Bonchev–Trinajstić information content (AvgIpc) is 2.77. The fourth-order valence-corrected chi connectivity index (χ4v) is 2.94. The van der Waals surface area contributed by atoms with E-state index < -0.39 is 0 Å². The summed E-state index contributed by atoms with van der Waals surface area (Å²) in [6.45, 7) is 4.15. The SMILES string of the molecule is CCCCOC(=O)N1CN(C(C)=O)C2CC(=O)CCC21. The van der Waals surface area contributed by atoms with Gasteiger partial charge in [0.2, 0.25) is 5.91 Å². The van der Waals surface area contributed by atoms with Crippen molar-refractivity contribution in [2.24, 2.45) is 0 Å². The summed E-state index contributed by atoms with van der Waals surface area (Å²) < 4.78 is 5.23. The Hall–Kier alpha value is -1.59. The highest BCUT2D eigenvalue weighted by Crippen LogP contribution is 2.31. The average molecular weight is 282 g/mol. The van der Waals surface area contributed by atoms with Crippen molar-refractivity contribution in [1.29, 1.82) is 0 Å². The van der Waals surface area contributed by atoms with E-state index in [1.807, 2.05) is 6.92 Å².